The predicted octanol–water partition coefficient (Wildman–Crippen LogP) is 1.44. The van der Waals surface area contributed by atoms with Crippen LogP contribution < -0.4 is 4.90 Å². The number of rotatable bonds is 3. The largest absolute Gasteiger partial charge is 0.339 e. The molecule has 106 valence electrons. The third kappa shape index (κ3) is 2.85. The summed E-state index contributed by atoms with van der Waals surface area (Å²) in [4.78, 5) is 18.8. The third-order valence-electron chi connectivity index (χ3n) is 3.09. The van der Waals surface area contributed by atoms with Gasteiger partial charge in [0.05, 0.1) is 0 Å². The summed E-state index contributed by atoms with van der Waals surface area (Å²) in [5, 5.41) is 4.80. The first-order valence-electron chi connectivity index (χ1n) is 6.39. The van der Waals surface area contributed by atoms with Gasteiger partial charge in [-0.25, -0.2) is 4.98 Å². The lowest BCUT2D eigenvalue weighted by Gasteiger charge is -2.31. The Morgan fingerprint density at radius 2 is 2.20 bits per heavy atom. The molecule has 0 saturated carbocycles. The highest BCUT2D eigenvalue weighted by molar-refractivity contribution is 8.00. The molecule has 1 aliphatic heterocycles. The van der Waals surface area contributed by atoms with E-state index >= 15 is 0 Å². The van der Waals surface area contributed by atoms with Gasteiger partial charge in [-0.15, -0.1) is 0 Å². The van der Waals surface area contributed by atoms with Gasteiger partial charge in [-0.3, -0.25) is 0 Å². The molecule has 0 N–H and O–H groups in total. The molecule has 20 heavy (non-hydrogen) atoms. The maximum absolute atomic E-state index is 6.00. The Morgan fingerprint density at radius 3 is 2.95 bits per heavy atom. The first-order valence-corrected chi connectivity index (χ1v) is 7.82. The lowest BCUT2D eigenvalue weighted by Crippen LogP contribution is -2.39. The van der Waals surface area contributed by atoms with Crippen molar-refractivity contribution in [3.63, 3.8) is 0 Å². The highest BCUT2D eigenvalue weighted by Crippen LogP contribution is 2.24. The Hall–Kier alpha value is -1.41. The van der Waals surface area contributed by atoms with Crippen LogP contribution in [-0.4, -0.2) is 53.8 Å². The zero-order valence-corrected chi connectivity index (χ0v) is 12.5. The number of nitrogens with zero attached hydrogens (tertiary/aromatic N) is 7. The molecule has 9 heteroatoms. The topological polar surface area (TPSA) is 72.6 Å². The van der Waals surface area contributed by atoms with Gasteiger partial charge in [0.2, 0.25) is 11.2 Å². The van der Waals surface area contributed by atoms with E-state index < -0.39 is 0 Å². The van der Waals surface area contributed by atoms with Crippen molar-refractivity contribution < 1.29 is 0 Å². The second kappa shape index (κ2) is 5.92. The molecule has 2 aromatic heterocycles. The molecule has 3 heterocycles. The highest BCUT2D eigenvalue weighted by atomic mass is 35.5. The summed E-state index contributed by atoms with van der Waals surface area (Å²) in [6.07, 6.45) is 4.11. The lowest BCUT2D eigenvalue weighted by atomic mass is 10.3. The first kappa shape index (κ1) is 13.6. The Morgan fingerprint density at radius 1 is 1.35 bits per heavy atom. The molecule has 0 aliphatic carbocycles. The van der Waals surface area contributed by atoms with Gasteiger partial charge < -0.3 is 4.90 Å². The van der Waals surface area contributed by atoms with Crippen molar-refractivity contribution in [2.24, 2.45) is 0 Å². The molecule has 7 nitrogen and oxygen atoms in total. The Labute approximate surface area is 125 Å². The van der Waals surface area contributed by atoms with E-state index in [0.717, 1.165) is 25.3 Å². The van der Waals surface area contributed by atoms with Gasteiger partial charge in [-0.1, -0.05) is 6.92 Å². The summed E-state index contributed by atoms with van der Waals surface area (Å²) >= 11 is 8.00. The quantitative estimate of drug-likeness (QED) is 0.849. The van der Waals surface area contributed by atoms with Gasteiger partial charge >= 0.3 is 0 Å². The molecule has 0 bridgehead atoms. The van der Waals surface area contributed by atoms with Crippen molar-refractivity contribution in [3.05, 3.63) is 17.9 Å². The molecule has 0 radical (unpaired) electrons. The average Bonchev–Trinajstić information content (AvgIpc) is 3.01. The lowest BCUT2D eigenvalue weighted by molar-refractivity contribution is 0.697. The van der Waals surface area contributed by atoms with E-state index in [1.807, 2.05) is 11.8 Å². The molecule has 0 spiro atoms. The second-order valence-corrected chi connectivity index (χ2v) is 6.14. The molecule has 2 aromatic rings. The van der Waals surface area contributed by atoms with Crippen LogP contribution in [0.4, 0.5) is 5.95 Å². The minimum atomic E-state index is 0.173. The van der Waals surface area contributed by atoms with E-state index in [9.17, 15) is 0 Å². The summed E-state index contributed by atoms with van der Waals surface area (Å²) < 4.78 is 1.48. The highest BCUT2D eigenvalue weighted by Gasteiger charge is 2.22. The van der Waals surface area contributed by atoms with Crippen molar-refractivity contribution in [2.75, 3.05) is 23.7 Å². The average molecular weight is 312 g/mol. The number of thioether (sulfide) groups is 1. The van der Waals surface area contributed by atoms with Crippen LogP contribution in [0.2, 0.25) is 5.28 Å². The zero-order valence-electron chi connectivity index (χ0n) is 11.0. The maximum Gasteiger partial charge on any atom is 0.258 e. The molecule has 3 rings (SSSR count). The minimum Gasteiger partial charge on any atom is -0.339 e. The molecular weight excluding hydrogens is 298 g/mol. The van der Waals surface area contributed by atoms with Crippen LogP contribution in [0.1, 0.15) is 13.3 Å². The van der Waals surface area contributed by atoms with Gasteiger partial charge in [0.25, 0.3) is 5.95 Å². The second-order valence-electron chi connectivity index (χ2n) is 4.39. The van der Waals surface area contributed by atoms with Crippen molar-refractivity contribution in [2.45, 2.75) is 18.6 Å². The fraction of sp³-hybridized carbons (Fsp3) is 0.545. The molecule has 0 aromatic carbocycles. The van der Waals surface area contributed by atoms with Crippen molar-refractivity contribution in [3.8, 4) is 5.95 Å². The maximum atomic E-state index is 6.00. The molecule has 1 saturated heterocycles. The van der Waals surface area contributed by atoms with Crippen LogP contribution in [0.15, 0.2) is 12.7 Å². The smallest absolute Gasteiger partial charge is 0.258 e. The first-order chi connectivity index (χ1) is 9.76. The van der Waals surface area contributed by atoms with Crippen molar-refractivity contribution in [1.29, 1.82) is 0 Å². The molecule has 0 amide bonds. The number of hydrogen-bond donors (Lipinski definition) is 0. The van der Waals surface area contributed by atoms with Crippen LogP contribution in [0.25, 0.3) is 5.95 Å². The molecule has 1 aliphatic rings. The van der Waals surface area contributed by atoms with Gasteiger partial charge in [-0.2, -0.15) is 36.5 Å². The summed E-state index contributed by atoms with van der Waals surface area (Å²) in [6, 6.07) is 0. The number of anilines is 1. The number of halogens is 1. The van der Waals surface area contributed by atoms with Crippen LogP contribution >= 0.6 is 23.4 Å². The molecule has 1 fully saturated rings. The fourth-order valence-corrected chi connectivity index (χ4v) is 3.36. The van der Waals surface area contributed by atoms with E-state index in [1.54, 1.807) is 0 Å². The van der Waals surface area contributed by atoms with E-state index in [-0.39, 0.29) is 5.28 Å². The van der Waals surface area contributed by atoms with Crippen molar-refractivity contribution in [1.82, 2.24) is 29.7 Å². The van der Waals surface area contributed by atoms with Crippen LogP contribution in [0.3, 0.4) is 0 Å². The van der Waals surface area contributed by atoms with Gasteiger partial charge in [0.15, 0.2) is 0 Å². The standard InChI is InChI=1S/C11H14ClN7S/c1-2-8-5-18(3-4-20-8)10-15-9(12)16-11(17-10)19-7-13-6-14-19/h6-8H,2-5H2,1H3. The number of hydrogen-bond acceptors (Lipinski definition) is 7. The Kier molecular flexibility index (Phi) is 4.02. The van der Waals surface area contributed by atoms with E-state index in [0.29, 0.717) is 17.1 Å². The summed E-state index contributed by atoms with van der Waals surface area (Å²) in [7, 11) is 0. The summed E-state index contributed by atoms with van der Waals surface area (Å²) in [5.74, 6) is 2.07. The molecule has 1 unspecified atom stereocenters. The third-order valence-corrected chi connectivity index (χ3v) is 4.63. The fourth-order valence-electron chi connectivity index (χ4n) is 2.03. The minimum absolute atomic E-state index is 0.173. The van der Waals surface area contributed by atoms with E-state index in [1.165, 1.54) is 17.3 Å². The van der Waals surface area contributed by atoms with E-state index in [2.05, 4.69) is 36.9 Å². The summed E-state index contributed by atoms with van der Waals surface area (Å²) in [5.41, 5.74) is 0. The molecule has 1 atom stereocenters. The van der Waals surface area contributed by atoms with Crippen molar-refractivity contribution >= 4 is 29.3 Å². The predicted molar refractivity (Wildman–Crippen MR) is 78.5 cm³/mol. The van der Waals surface area contributed by atoms with E-state index in [4.69, 9.17) is 11.6 Å². The van der Waals surface area contributed by atoms with Crippen LogP contribution in [0.5, 0.6) is 0 Å². The Balaban J connectivity index is 1.89. The Bertz CT molecular complexity index is 576. The van der Waals surface area contributed by atoms with Gasteiger partial charge in [0.1, 0.15) is 12.7 Å². The van der Waals surface area contributed by atoms with Crippen LogP contribution in [0, 0.1) is 0 Å². The normalized spacial score (nSPS) is 19.3. The van der Waals surface area contributed by atoms with Crippen LogP contribution in [-0.2, 0) is 0 Å². The van der Waals surface area contributed by atoms with Gasteiger partial charge in [0, 0.05) is 24.1 Å². The summed E-state index contributed by atoms with van der Waals surface area (Å²) in [6.45, 7) is 4.04. The molecular formula is C11H14ClN7S. The zero-order chi connectivity index (χ0) is 13.9. The SMILES string of the molecule is CCC1CN(c2nc(Cl)nc(-n3cncn3)n2)CCS1. The monoisotopic (exact) mass is 311 g/mol. The number of aromatic nitrogens is 6. The van der Waals surface area contributed by atoms with Gasteiger partial charge in [-0.05, 0) is 18.0 Å².